The van der Waals surface area contributed by atoms with Gasteiger partial charge < -0.3 is 13.7 Å². The van der Waals surface area contributed by atoms with Crippen molar-refractivity contribution in [2.75, 3.05) is 6.61 Å². The number of rotatable bonds is 6. The zero-order chi connectivity index (χ0) is 21.9. The van der Waals surface area contributed by atoms with Gasteiger partial charge in [-0.1, -0.05) is 18.2 Å². The van der Waals surface area contributed by atoms with Crippen molar-refractivity contribution in [2.45, 2.75) is 44.2 Å². The Morgan fingerprint density at radius 1 is 1.21 bits per heavy atom. The summed E-state index contributed by atoms with van der Waals surface area (Å²) in [6.07, 6.45) is -0.0984. The number of hydrogen-bond acceptors (Lipinski definition) is 7. The number of allylic oxidation sites excluding steroid dienone is 1. The molecular weight excluding hydrogens is 417 g/mol. The van der Waals surface area contributed by atoms with Gasteiger partial charge in [0.05, 0.1) is 12.2 Å². The lowest BCUT2D eigenvalue weighted by atomic mass is 9.88. The number of carbonyl (C=O) groups is 2. The van der Waals surface area contributed by atoms with E-state index in [2.05, 4.69) is 4.18 Å². The van der Waals surface area contributed by atoms with E-state index in [1.807, 2.05) is 0 Å². The molecule has 1 aromatic rings. The smallest absolute Gasteiger partial charge is 0.463 e. The predicted molar refractivity (Wildman–Crippen MR) is 94.0 cm³/mol. The van der Waals surface area contributed by atoms with Crippen LogP contribution in [0.2, 0.25) is 0 Å². The molecule has 0 bridgehead atoms. The van der Waals surface area contributed by atoms with Crippen molar-refractivity contribution < 1.29 is 44.8 Å². The van der Waals surface area contributed by atoms with Crippen LogP contribution in [0.1, 0.15) is 42.1 Å². The summed E-state index contributed by atoms with van der Waals surface area (Å²) in [5.41, 5.74) is -6.57. The molecule has 0 amide bonds. The zero-order valence-corrected chi connectivity index (χ0v) is 16.4. The Labute approximate surface area is 165 Å². The minimum absolute atomic E-state index is 0.0159. The summed E-state index contributed by atoms with van der Waals surface area (Å²) in [7, 11) is -5.83. The average molecular weight is 436 g/mol. The summed E-state index contributed by atoms with van der Waals surface area (Å²) in [5.74, 6) is -2.18. The first-order chi connectivity index (χ1) is 13.4. The summed E-state index contributed by atoms with van der Waals surface area (Å²) < 4.78 is 74.2. The fourth-order valence-corrected chi connectivity index (χ4v) is 3.22. The number of carbonyl (C=O) groups excluding carboxylic acids is 2. The third-order valence-electron chi connectivity index (χ3n) is 4.24. The maximum absolute atomic E-state index is 12.6. The number of benzene rings is 1. The van der Waals surface area contributed by atoms with Gasteiger partial charge in [0.15, 0.2) is 0 Å². The number of halogens is 3. The number of aryl methyl sites for hydroxylation is 1. The van der Waals surface area contributed by atoms with Crippen LogP contribution in [0.4, 0.5) is 13.2 Å². The van der Waals surface area contributed by atoms with Gasteiger partial charge in [0.25, 0.3) is 0 Å². The fraction of sp³-hybridized carbons (Fsp3) is 0.444. The second-order valence-corrected chi connectivity index (χ2v) is 7.81. The number of esters is 2. The van der Waals surface area contributed by atoms with Gasteiger partial charge in [0, 0.05) is 19.3 Å². The van der Waals surface area contributed by atoms with E-state index in [9.17, 15) is 31.2 Å². The van der Waals surface area contributed by atoms with Gasteiger partial charge in [-0.2, -0.15) is 21.6 Å². The Morgan fingerprint density at radius 3 is 2.38 bits per heavy atom. The molecule has 2 rings (SSSR count). The molecule has 7 nitrogen and oxygen atoms in total. The van der Waals surface area contributed by atoms with Crippen molar-refractivity contribution in [3.05, 3.63) is 47.2 Å². The van der Waals surface area contributed by atoms with E-state index in [1.54, 1.807) is 25.1 Å². The highest BCUT2D eigenvalue weighted by Gasteiger charge is 2.50. The van der Waals surface area contributed by atoms with Crippen LogP contribution in [0.5, 0.6) is 0 Å². The summed E-state index contributed by atoms with van der Waals surface area (Å²) in [5, 5.41) is 0. The van der Waals surface area contributed by atoms with Crippen molar-refractivity contribution in [2.24, 2.45) is 0 Å². The van der Waals surface area contributed by atoms with Crippen LogP contribution >= 0.6 is 0 Å². The van der Waals surface area contributed by atoms with Crippen LogP contribution in [0.3, 0.4) is 0 Å². The van der Waals surface area contributed by atoms with Crippen molar-refractivity contribution in [3.8, 4) is 0 Å². The third kappa shape index (κ3) is 5.08. The Kier molecular flexibility index (Phi) is 6.61. The maximum atomic E-state index is 12.6. The number of ether oxygens (including phenoxy) is 2. The van der Waals surface area contributed by atoms with Crippen molar-refractivity contribution >= 4 is 22.1 Å². The Morgan fingerprint density at radius 2 is 1.86 bits per heavy atom. The molecule has 0 saturated heterocycles. The molecule has 0 saturated carbocycles. The molecule has 0 fully saturated rings. The first kappa shape index (κ1) is 22.7. The lowest BCUT2D eigenvalue weighted by molar-refractivity contribution is -0.167. The van der Waals surface area contributed by atoms with E-state index in [4.69, 9.17) is 9.47 Å². The van der Waals surface area contributed by atoms with E-state index < -0.39 is 45.3 Å². The van der Waals surface area contributed by atoms with Gasteiger partial charge in [0.1, 0.15) is 5.76 Å². The monoisotopic (exact) mass is 436 g/mol. The third-order valence-corrected chi connectivity index (χ3v) is 5.24. The molecule has 0 aliphatic heterocycles. The first-order valence-electron chi connectivity index (χ1n) is 8.58. The number of hydrogen-bond donors (Lipinski definition) is 0. The van der Waals surface area contributed by atoms with Crippen molar-refractivity contribution in [3.63, 3.8) is 0 Å². The largest absolute Gasteiger partial charge is 0.534 e. The molecule has 0 radical (unpaired) electrons. The molecule has 1 aliphatic carbocycles. The van der Waals surface area contributed by atoms with Crippen LogP contribution in [-0.2, 0) is 28.6 Å². The molecule has 160 valence electrons. The first-order valence-corrected chi connectivity index (χ1v) is 9.98. The minimum Gasteiger partial charge on any atom is -0.463 e. The van der Waals surface area contributed by atoms with Crippen LogP contribution in [0, 0.1) is 6.92 Å². The zero-order valence-electron chi connectivity index (χ0n) is 15.6. The van der Waals surface area contributed by atoms with Crippen molar-refractivity contribution in [1.82, 2.24) is 0 Å². The SMILES string of the molecule is CCOC(=O)C1(OC(=O)c2ccccc2C)CC=C(OS(=O)(=O)C(F)(F)F)CC1. The summed E-state index contributed by atoms with van der Waals surface area (Å²) in [6.45, 7) is 3.19. The van der Waals surface area contributed by atoms with Gasteiger partial charge in [-0.05, 0) is 31.6 Å². The van der Waals surface area contributed by atoms with E-state index in [1.165, 1.54) is 13.0 Å². The van der Waals surface area contributed by atoms with Gasteiger partial charge in [-0.3, -0.25) is 0 Å². The molecule has 11 heteroatoms. The normalized spacial score (nSPS) is 19.8. The summed E-state index contributed by atoms with van der Waals surface area (Å²) >= 11 is 0. The second-order valence-electron chi connectivity index (χ2n) is 6.28. The Balaban J connectivity index is 2.27. The highest BCUT2D eigenvalue weighted by atomic mass is 32.2. The Hall–Kier alpha value is -2.56. The molecule has 0 N–H and O–H groups in total. The topological polar surface area (TPSA) is 96.0 Å². The number of alkyl halides is 3. The molecule has 1 aliphatic rings. The summed E-state index contributed by atoms with van der Waals surface area (Å²) in [6, 6.07) is 6.48. The highest BCUT2D eigenvalue weighted by molar-refractivity contribution is 7.87. The quantitative estimate of drug-likeness (QED) is 0.383. The minimum atomic E-state index is -5.83. The van der Waals surface area contributed by atoms with E-state index >= 15 is 0 Å². The van der Waals surface area contributed by atoms with E-state index in [0.717, 1.165) is 6.08 Å². The fourth-order valence-electron chi connectivity index (χ4n) is 2.69. The lowest BCUT2D eigenvalue weighted by Crippen LogP contribution is -2.46. The van der Waals surface area contributed by atoms with E-state index in [0.29, 0.717) is 5.56 Å². The molecular formula is C18H19F3O7S. The van der Waals surface area contributed by atoms with Gasteiger partial charge in [-0.25, -0.2) is 9.59 Å². The molecule has 0 heterocycles. The second kappa shape index (κ2) is 8.44. The van der Waals surface area contributed by atoms with Crippen LogP contribution in [0.25, 0.3) is 0 Å². The standard InChI is InChI=1S/C18H19F3O7S/c1-3-26-16(23)17(27-15(22)14-7-5-4-6-12(14)2)10-8-13(9-11-17)28-29(24,25)18(19,20)21/h4-8H,3,9-11H2,1-2H3. The lowest BCUT2D eigenvalue weighted by Gasteiger charge is -2.33. The highest BCUT2D eigenvalue weighted by Crippen LogP contribution is 2.36. The molecule has 29 heavy (non-hydrogen) atoms. The van der Waals surface area contributed by atoms with Crippen LogP contribution in [-0.4, -0.2) is 38.1 Å². The molecule has 1 atom stereocenters. The van der Waals surface area contributed by atoms with Gasteiger partial charge in [-0.15, -0.1) is 0 Å². The van der Waals surface area contributed by atoms with Gasteiger partial charge in [0.2, 0.25) is 5.60 Å². The molecule has 1 aromatic carbocycles. The molecule has 0 aromatic heterocycles. The van der Waals surface area contributed by atoms with E-state index in [-0.39, 0.29) is 25.0 Å². The average Bonchev–Trinajstić information content (AvgIpc) is 2.62. The summed E-state index contributed by atoms with van der Waals surface area (Å²) in [4.78, 5) is 25.0. The van der Waals surface area contributed by atoms with Crippen LogP contribution < -0.4 is 0 Å². The molecule has 1 unspecified atom stereocenters. The Bertz CT molecular complexity index is 922. The molecule has 0 spiro atoms. The predicted octanol–water partition coefficient (Wildman–Crippen LogP) is 3.39. The van der Waals surface area contributed by atoms with Gasteiger partial charge >= 0.3 is 27.6 Å². The maximum Gasteiger partial charge on any atom is 0.534 e. The van der Waals surface area contributed by atoms with Crippen LogP contribution in [0.15, 0.2) is 36.1 Å². The van der Waals surface area contributed by atoms with Crippen molar-refractivity contribution in [1.29, 1.82) is 0 Å².